The standard InChI is InChI=1S/C22H33N3O3/c1-16-12-17(2)15-25(14-16)10-5-9-23-21(26)18-6-3-7-19(13-18)24-22(27)20-8-4-11-28-20/h3,6-7,13,16-17,20H,4-5,8-12,14-15H2,1-2H3,(H,23,26)(H,24,27)/t16-,17+,20-/m0/s1. The third-order valence-electron chi connectivity index (χ3n) is 5.50. The third kappa shape index (κ3) is 6.04. The average Bonchev–Trinajstić information content (AvgIpc) is 3.19. The minimum absolute atomic E-state index is 0.103. The van der Waals surface area contributed by atoms with E-state index in [1.54, 1.807) is 24.3 Å². The summed E-state index contributed by atoms with van der Waals surface area (Å²) in [6.45, 7) is 9.26. The largest absolute Gasteiger partial charge is 0.368 e. The molecule has 3 rings (SSSR count). The fourth-order valence-corrected chi connectivity index (χ4v) is 4.33. The van der Waals surface area contributed by atoms with E-state index < -0.39 is 0 Å². The quantitative estimate of drug-likeness (QED) is 0.706. The first-order valence-electron chi connectivity index (χ1n) is 10.5. The number of rotatable bonds is 7. The molecule has 154 valence electrons. The Morgan fingerprint density at radius 2 is 2.00 bits per heavy atom. The molecule has 0 saturated carbocycles. The number of piperidine rings is 1. The molecule has 0 aliphatic carbocycles. The number of carbonyl (C=O) groups excluding carboxylic acids is 2. The molecule has 2 saturated heterocycles. The van der Waals surface area contributed by atoms with Crippen molar-refractivity contribution in [3.05, 3.63) is 29.8 Å². The van der Waals surface area contributed by atoms with Gasteiger partial charge in [0.1, 0.15) is 6.10 Å². The molecule has 2 amide bonds. The van der Waals surface area contributed by atoms with Gasteiger partial charge in [-0.05, 0) is 62.3 Å². The van der Waals surface area contributed by atoms with Crippen molar-refractivity contribution in [2.45, 2.75) is 45.6 Å². The smallest absolute Gasteiger partial charge is 0.253 e. The lowest BCUT2D eigenvalue weighted by molar-refractivity contribution is -0.124. The predicted molar refractivity (Wildman–Crippen MR) is 110 cm³/mol. The van der Waals surface area contributed by atoms with Crippen molar-refractivity contribution in [3.8, 4) is 0 Å². The maximum atomic E-state index is 12.4. The summed E-state index contributed by atoms with van der Waals surface area (Å²) >= 11 is 0. The Bertz CT molecular complexity index is 663. The van der Waals surface area contributed by atoms with Crippen LogP contribution in [-0.4, -0.2) is 55.6 Å². The van der Waals surface area contributed by atoms with E-state index in [0.717, 1.165) is 50.7 Å². The summed E-state index contributed by atoms with van der Waals surface area (Å²) in [6, 6.07) is 7.07. The summed E-state index contributed by atoms with van der Waals surface area (Å²) in [5, 5.41) is 5.84. The molecule has 1 aromatic carbocycles. The van der Waals surface area contributed by atoms with Crippen LogP contribution in [0.3, 0.4) is 0 Å². The Morgan fingerprint density at radius 1 is 1.21 bits per heavy atom. The summed E-state index contributed by atoms with van der Waals surface area (Å²) in [6.07, 6.45) is 3.54. The highest BCUT2D eigenvalue weighted by molar-refractivity contribution is 5.98. The summed E-state index contributed by atoms with van der Waals surface area (Å²) in [5.74, 6) is 1.27. The van der Waals surface area contributed by atoms with Crippen molar-refractivity contribution in [3.63, 3.8) is 0 Å². The summed E-state index contributed by atoms with van der Waals surface area (Å²) < 4.78 is 5.40. The predicted octanol–water partition coefficient (Wildman–Crippen LogP) is 2.90. The van der Waals surface area contributed by atoms with Crippen LogP contribution in [0.5, 0.6) is 0 Å². The Morgan fingerprint density at radius 3 is 2.71 bits per heavy atom. The number of hydrogen-bond donors (Lipinski definition) is 2. The SMILES string of the molecule is C[C@@H]1C[C@H](C)CN(CCCNC(=O)c2cccc(NC(=O)[C@@H]3CCCO3)c2)C1. The zero-order valence-corrected chi connectivity index (χ0v) is 17.1. The van der Waals surface area contributed by atoms with Gasteiger partial charge in [0.25, 0.3) is 11.8 Å². The molecule has 0 aromatic heterocycles. The molecule has 0 radical (unpaired) electrons. The lowest BCUT2D eigenvalue weighted by Crippen LogP contribution is -2.40. The summed E-state index contributed by atoms with van der Waals surface area (Å²) in [4.78, 5) is 27.1. The van der Waals surface area contributed by atoms with Gasteiger partial charge in [-0.25, -0.2) is 0 Å². The molecule has 0 spiro atoms. The maximum absolute atomic E-state index is 12.4. The second-order valence-electron chi connectivity index (χ2n) is 8.39. The van der Waals surface area contributed by atoms with Gasteiger partial charge in [-0.2, -0.15) is 0 Å². The third-order valence-corrected chi connectivity index (χ3v) is 5.50. The van der Waals surface area contributed by atoms with E-state index in [-0.39, 0.29) is 17.9 Å². The normalized spacial score (nSPS) is 25.4. The van der Waals surface area contributed by atoms with E-state index in [0.29, 0.717) is 24.4 Å². The second-order valence-corrected chi connectivity index (χ2v) is 8.39. The molecule has 0 bridgehead atoms. The molecule has 6 heteroatoms. The van der Waals surface area contributed by atoms with Gasteiger partial charge in [-0.3, -0.25) is 9.59 Å². The van der Waals surface area contributed by atoms with Crippen LogP contribution < -0.4 is 10.6 Å². The molecule has 1 aromatic rings. The molecule has 3 atom stereocenters. The van der Waals surface area contributed by atoms with Crippen LogP contribution in [0.4, 0.5) is 5.69 Å². The van der Waals surface area contributed by atoms with Gasteiger partial charge in [0.2, 0.25) is 0 Å². The maximum Gasteiger partial charge on any atom is 0.253 e. The van der Waals surface area contributed by atoms with Crippen LogP contribution in [-0.2, 0) is 9.53 Å². The minimum Gasteiger partial charge on any atom is -0.368 e. The fraction of sp³-hybridized carbons (Fsp3) is 0.636. The lowest BCUT2D eigenvalue weighted by atomic mass is 9.92. The Kier molecular flexibility index (Phi) is 7.45. The van der Waals surface area contributed by atoms with Gasteiger partial charge >= 0.3 is 0 Å². The number of amides is 2. The number of ether oxygens (including phenoxy) is 1. The number of carbonyl (C=O) groups is 2. The van der Waals surface area contributed by atoms with E-state index in [2.05, 4.69) is 29.4 Å². The van der Waals surface area contributed by atoms with Crippen LogP contribution in [0, 0.1) is 11.8 Å². The molecule has 0 unspecified atom stereocenters. The topological polar surface area (TPSA) is 70.7 Å². The van der Waals surface area contributed by atoms with Crippen molar-refractivity contribution in [2.75, 3.05) is 38.1 Å². The van der Waals surface area contributed by atoms with Crippen molar-refractivity contribution in [1.82, 2.24) is 10.2 Å². The zero-order chi connectivity index (χ0) is 19.9. The van der Waals surface area contributed by atoms with E-state index in [4.69, 9.17) is 4.74 Å². The molecule has 6 nitrogen and oxygen atoms in total. The molecule has 28 heavy (non-hydrogen) atoms. The highest BCUT2D eigenvalue weighted by Crippen LogP contribution is 2.21. The number of nitrogens with zero attached hydrogens (tertiary/aromatic N) is 1. The van der Waals surface area contributed by atoms with Crippen LogP contribution >= 0.6 is 0 Å². The Hall–Kier alpha value is -1.92. The van der Waals surface area contributed by atoms with Gasteiger partial charge in [-0.15, -0.1) is 0 Å². The molecule has 2 aliphatic heterocycles. The zero-order valence-electron chi connectivity index (χ0n) is 17.1. The highest BCUT2D eigenvalue weighted by atomic mass is 16.5. The first-order valence-corrected chi connectivity index (χ1v) is 10.5. The van der Waals surface area contributed by atoms with Gasteiger partial charge in [0, 0.05) is 37.5 Å². The molecule has 2 fully saturated rings. The molecular weight excluding hydrogens is 354 g/mol. The van der Waals surface area contributed by atoms with E-state index in [1.165, 1.54) is 6.42 Å². The number of nitrogens with one attached hydrogen (secondary N) is 2. The van der Waals surface area contributed by atoms with Gasteiger partial charge in [0.15, 0.2) is 0 Å². The molecule has 2 heterocycles. The number of anilines is 1. The van der Waals surface area contributed by atoms with E-state index >= 15 is 0 Å². The van der Waals surface area contributed by atoms with Crippen molar-refractivity contribution in [1.29, 1.82) is 0 Å². The summed E-state index contributed by atoms with van der Waals surface area (Å²) in [5.41, 5.74) is 1.19. The summed E-state index contributed by atoms with van der Waals surface area (Å²) in [7, 11) is 0. The van der Waals surface area contributed by atoms with Gasteiger partial charge in [-0.1, -0.05) is 19.9 Å². The van der Waals surface area contributed by atoms with Crippen LogP contribution in [0.2, 0.25) is 0 Å². The van der Waals surface area contributed by atoms with Gasteiger partial charge in [0.05, 0.1) is 0 Å². The minimum atomic E-state index is -0.377. The molecule has 2 N–H and O–H groups in total. The molecule has 2 aliphatic rings. The second kappa shape index (κ2) is 10.0. The van der Waals surface area contributed by atoms with Gasteiger partial charge < -0.3 is 20.3 Å². The monoisotopic (exact) mass is 387 g/mol. The van der Waals surface area contributed by atoms with Crippen molar-refractivity contribution in [2.24, 2.45) is 11.8 Å². The highest BCUT2D eigenvalue weighted by Gasteiger charge is 2.24. The first kappa shape index (κ1) is 20.8. The van der Waals surface area contributed by atoms with Crippen molar-refractivity contribution < 1.29 is 14.3 Å². The first-order chi connectivity index (χ1) is 13.5. The average molecular weight is 388 g/mol. The Labute approximate surface area is 168 Å². The molecular formula is C22H33N3O3. The lowest BCUT2D eigenvalue weighted by Gasteiger charge is -2.34. The fourth-order valence-electron chi connectivity index (χ4n) is 4.33. The van der Waals surface area contributed by atoms with Crippen LogP contribution in [0.15, 0.2) is 24.3 Å². The number of hydrogen-bond acceptors (Lipinski definition) is 4. The Balaban J connectivity index is 1.42. The number of benzene rings is 1. The number of likely N-dealkylation sites (tertiary alicyclic amines) is 1. The van der Waals surface area contributed by atoms with Crippen molar-refractivity contribution >= 4 is 17.5 Å². The van der Waals surface area contributed by atoms with Crippen LogP contribution in [0.1, 0.15) is 49.9 Å². The van der Waals surface area contributed by atoms with E-state index in [1.807, 2.05) is 0 Å². The van der Waals surface area contributed by atoms with Crippen LogP contribution in [0.25, 0.3) is 0 Å². The van der Waals surface area contributed by atoms with E-state index in [9.17, 15) is 9.59 Å².